The molecule has 78 valence electrons. The molecule has 2 aromatic rings. The Morgan fingerprint density at radius 1 is 1.27 bits per heavy atom. The maximum absolute atomic E-state index is 5.90. The number of nitrogens with zero attached hydrogens (tertiary/aromatic N) is 1. The zero-order valence-electron chi connectivity index (χ0n) is 8.90. The Morgan fingerprint density at radius 2 is 2.00 bits per heavy atom. The lowest BCUT2D eigenvalue weighted by Crippen LogP contribution is -1.93. The summed E-state index contributed by atoms with van der Waals surface area (Å²) >= 11 is 0. The average Bonchev–Trinajstić information content (AvgIpc) is 2.67. The van der Waals surface area contributed by atoms with Crippen LogP contribution in [0.5, 0.6) is 0 Å². The molecule has 1 aromatic carbocycles. The van der Waals surface area contributed by atoms with Crippen LogP contribution < -0.4 is 5.73 Å². The summed E-state index contributed by atoms with van der Waals surface area (Å²) in [6.45, 7) is 4.15. The van der Waals surface area contributed by atoms with Crippen LogP contribution in [-0.4, -0.2) is 4.98 Å². The highest BCUT2D eigenvalue weighted by atomic mass is 16.3. The van der Waals surface area contributed by atoms with E-state index >= 15 is 0 Å². The number of hydrogen-bond acceptors (Lipinski definition) is 3. The number of aromatic nitrogens is 1. The van der Waals surface area contributed by atoms with Gasteiger partial charge in [-0.1, -0.05) is 32.0 Å². The quantitative estimate of drug-likeness (QED) is 0.761. The Bertz CT molecular complexity index is 460. The second-order valence-electron chi connectivity index (χ2n) is 3.81. The number of oxazole rings is 1. The molecule has 0 aliphatic rings. The van der Waals surface area contributed by atoms with Crippen LogP contribution in [0, 0.1) is 0 Å². The second kappa shape index (κ2) is 3.77. The molecular formula is C12H14N2O. The fraction of sp³-hybridized carbons (Fsp3) is 0.250. The van der Waals surface area contributed by atoms with Gasteiger partial charge in [-0.05, 0) is 6.07 Å². The third kappa shape index (κ3) is 1.73. The molecule has 0 saturated heterocycles. The maximum Gasteiger partial charge on any atom is 0.181 e. The lowest BCUT2D eigenvalue weighted by molar-refractivity contribution is 0.483. The van der Waals surface area contributed by atoms with Gasteiger partial charge in [0.25, 0.3) is 0 Å². The van der Waals surface area contributed by atoms with Crippen molar-refractivity contribution in [2.75, 3.05) is 5.73 Å². The summed E-state index contributed by atoms with van der Waals surface area (Å²) in [5, 5.41) is 0. The van der Waals surface area contributed by atoms with E-state index in [9.17, 15) is 0 Å². The molecule has 0 saturated carbocycles. The van der Waals surface area contributed by atoms with Gasteiger partial charge >= 0.3 is 0 Å². The molecule has 0 bridgehead atoms. The van der Waals surface area contributed by atoms with Gasteiger partial charge in [0.2, 0.25) is 0 Å². The third-order valence-corrected chi connectivity index (χ3v) is 2.34. The summed E-state index contributed by atoms with van der Waals surface area (Å²) in [5.41, 5.74) is 8.42. The second-order valence-corrected chi connectivity index (χ2v) is 3.81. The largest absolute Gasteiger partial charge is 0.448 e. The molecule has 3 nitrogen and oxygen atoms in total. The molecule has 1 aromatic heterocycles. The van der Waals surface area contributed by atoms with Crippen LogP contribution in [0.2, 0.25) is 0 Å². The Kier molecular flexibility index (Phi) is 2.46. The van der Waals surface area contributed by atoms with E-state index < -0.39 is 0 Å². The van der Waals surface area contributed by atoms with Crippen LogP contribution >= 0.6 is 0 Å². The summed E-state index contributed by atoms with van der Waals surface area (Å²) in [6, 6.07) is 7.69. The first-order chi connectivity index (χ1) is 7.20. The van der Waals surface area contributed by atoms with Gasteiger partial charge in [0.15, 0.2) is 6.39 Å². The highest BCUT2D eigenvalue weighted by Crippen LogP contribution is 2.31. The summed E-state index contributed by atoms with van der Waals surface area (Å²) in [4.78, 5) is 4.22. The van der Waals surface area contributed by atoms with Crippen LogP contribution in [0.25, 0.3) is 11.3 Å². The number of benzene rings is 1. The van der Waals surface area contributed by atoms with E-state index in [1.54, 1.807) is 0 Å². The van der Waals surface area contributed by atoms with Crippen molar-refractivity contribution in [1.29, 1.82) is 0 Å². The van der Waals surface area contributed by atoms with Gasteiger partial charge in [-0.2, -0.15) is 0 Å². The van der Waals surface area contributed by atoms with Crippen molar-refractivity contribution in [1.82, 2.24) is 4.98 Å². The van der Waals surface area contributed by atoms with Crippen molar-refractivity contribution in [3.8, 4) is 11.3 Å². The highest BCUT2D eigenvalue weighted by molar-refractivity contribution is 5.74. The molecule has 0 atom stereocenters. The zero-order chi connectivity index (χ0) is 10.8. The predicted molar refractivity (Wildman–Crippen MR) is 60.4 cm³/mol. The van der Waals surface area contributed by atoms with Gasteiger partial charge in [-0.25, -0.2) is 4.98 Å². The average molecular weight is 202 g/mol. The molecule has 15 heavy (non-hydrogen) atoms. The Balaban J connectivity index is 2.55. The summed E-state index contributed by atoms with van der Waals surface area (Å²) < 4.78 is 5.37. The summed E-state index contributed by atoms with van der Waals surface area (Å²) in [7, 11) is 0. The van der Waals surface area contributed by atoms with Gasteiger partial charge in [-0.15, -0.1) is 0 Å². The normalized spacial score (nSPS) is 10.9. The molecule has 0 aliphatic carbocycles. The molecule has 3 heteroatoms. The first kappa shape index (κ1) is 9.77. The van der Waals surface area contributed by atoms with Crippen molar-refractivity contribution in [3.63, 3.8) is 0 Å². The lowest BCUT2D eigenvalue weighted by Gasteiger charge is -2.06. The monoisotopic (exact) mass is 202 g/mol. The molecule has 0 spiro atoms. The number of rotatable bonds is 2. The Labute approximate surface area is 88.9 Å². The van der Waals surface area contributed by atoms with Gasteiger partial charge in [0.05, 0.1) is 0 Å². The van der Waals surface area contributed by atoms with Crippen molar-refractivity contribution < 1.29 is 4.42 Å². The molecule has 0 fully saturated rings. The van der Waals surface area contributed by atoms with E-state index in [-0.39, 0.29) is 0 Å². The molecule has 2 N–H and O–H groups in total. The standard InChI is InChI=1S/C12H14N2O/c1-8(2)12-11(14-7-15-12)9-5-3-4-6-10(9)13/h3-8H,13H2,1-2H3. The Morgan fingerprint density at radius 3 is 2.67 bits per heavy atom. The van der Waals surface area contributed by atoms with E-state index in [1.165, 1.54) is 6.39 Å². The minimum atomic E-state index is 0.308. The number of hydrogen-bond donors (Lipinski definition) is 1. The zero-order valence-corrected chi connectivity index (χ0v) is 8.90. The van der Waals surface area contributed by atoms with E-state index in [4.69, 9.17) is 10.2 Å². The molecular weight excluding hydrogens is 188 g/mol. The minimum Gasteiger partial charge on any atom is -0.448 e. The number of anilines is 1. The number of nitrogens with two attached hydrogens (primary N) is 1. The van der Waals surface area contributed by atoms with Crippen molar-refractivity contribution in [2.24, 2.45) is 0 Å². The van der Waals surface area contributed by atoms with Gasteiger partial charge in [0.1, 0.15) is 11.5 Å². The first-order valence-electron chi connectivity index (χ1n) is 4.98. The van der Waals surface area contributed by atoms with Gasteiger partial charge < -0.3 is 10.2 Å². The maximum atomic E-state index is 5.90. The molecule has 0 amide bonds. The lowest BCUT2D eigenvalue weighted by atomic mass is 10.0. The topological polar surface area (TPSA) is 52.0 Å². The van der Waals surface area contributed by atoms with Crippen LogP contribution in [0.4, 0.5) is 5.69 Å². The Hall–Kier alpha value is -1.77. The fourth-order valence-corrected chi connectivity index (χ4v) is 1.58. The molecule has 0 aliphatic heterocycles. The molecule has 0 radical (unpaired) electrons. The van der Waals surface area contributed by atoms with Crippen molar-refractivity contribution in [2.45, 2.75) is 19.8 Å². The number of nitrogen functional groups attached to an aromatic ring is 1. The van der Waals surface area contributed by atoms with E-state index in [0.29, 0.717) is 5.92 Å². The first-order valence-corrected chi connectivity index (χ1v) is 4.98. The van der Waals surface area contributed by atoms with Gasteiger partial charge in [-0.3, -0.25) is 0 Å². The fourth-order valence-electron chi connectivity index (χ4n) is 1.58. The number of para-hydroxylation sites is 1. The third-order valence-electron chi connectivity index (χ3n) is 2.34. The van der Waals surface area contributed by atoms with Crippen LogP contribution in [-0.2, 0) is 0 Å². The summed E-state index contributed by atoms with van der Waals surface area (Å²) in [6.07, 6.45) is 1.47. The minimum absolute atomic E-state index is 0.308. The predicted octanol–water partition coefficient (Wildman–Crippen LogP) is 3.05. The SMILES string of the molecule is CC(C)c1ocnc1-c1ccccc1N. The summed E-state index contributed by atoms with van der Waals surface area (Å²) in [5.74, 6) is 1.19. The van der Waals surface area contributed by atoms with E-state index in [0.717, 1.165) is 22.7 Å². The van der Waals surface area contributed by atoms with Gasteiger partial charge in [0, 0.05) is 17.2 Å². The van der Waals surface area contributed by atoms with Crippen LogP contribution in [0.15, 0.2) is 35.1 Å². The molecule has 2 rings (SSSR count). The molecule has 0 unspecified atom stereocenters. The highest BCUT2D eigenvalue weighted by Gasteiger charge is 2.15. The molecule has 1 heterocycles. The van der Waals surface area contributed by atoms with Crippen molar-refractivity contribution >= 4 is 5.69 Å². The van der Waals surface area contributed by atoms with Crippen molar-refractivity contribution in [3.05, 3.63) is 36.4 Å². The van der Waals surface area contributed by atoms with Crippen LogP contribution in [0.3, 0.4) is 0 Å². The van der Waals surface area contributed by atoms with E-state index in [2.05, 4.69) is 18.8 Å². The van der Waals surface area contributed by atoms with Crippen LogP contribution in [0.1, 0.15) is 25.5 Å². The van der Waals surface area contributed by atoms with E-state index in [1.807, 2.05) is 24.3 Å². The smallest absolute Gasteiger partial charge is 0.181 e.